The van der Waals surface area contributed by atoms with Crippen molar-refractivity contribution in [2.75, 3.05) is 6.61 Å². The molecule has 5 rings (SSSR count). The fraction of sp³-hybridized carbons (Fsp3) is 0.667. The summed E-state index contributed by atoms with van der Waals surface area (Å²) < 4.78 is 1.32. The van der Waals surface area contributed by atoms with Crippen LogP contribution in [0.5, 0.6) is 0 Å². The van der Waals surface area contributed by atoms with Gasteiger partial charge in [-0.05, 0) is 104 Å². The molecule has 2 unspecified atom stereocenters. The Morgan fingerprint density at radius 1 is 1.07 bits per heavy atom. The van der Waals surface area contributed by atoms with Crippen LogP contribution in [-0.4, -0.2) is 34.1 Å². The number of hydrogen-bond acceptors (Lipinski definition) is 4. The van der Waals surface area contributed by atoms with E-state index in [1.807, 2.05) is 11.3 Å². The monoisotopic (exact) mass is 564 g/mol. The Bertz CT molecular complexity index is 1160. The first kappa shape index (κ1) is 30.0. The zero-order valence-corrected chi connectivity index (χ0v) is 26.1. The van der Waals surface area contributed by atoms with Crippen LogP contribution in [0, 0.1) is 29.1 Å². The second-order valence-corrected chi connectivity index (χ2v) is 15.2. The fourth-order valence-electron chi connectivity index (χ4n) is 8.95. The van der Waals surface area contributed by atoms with Crippen molar-refractivity contribution in [1.82, 2.24) is 0 Å². The summed E-state index contributed by atoms with van der Waals surface area (Å²) in [6, 6.07) is 11.0. The molecule has 0 saturated heterocycles. The van der Waals surface area contributed by atoms with E-state index in [4.69, 9.17) is 0 Å². The highest BCUT2D eigenvalue weighted by atomic mass is 32.1. The van der Waals surface area contributed by atoms with Gasteiger partial charge in [-0.2, -0.15) is 0 Å². The SMILES string of the molecule is CC(CCC[C@](CO)(c1cc2ccccc2s1)C(C)C)[C@H]1CCC2/C(=C\C=C3C[C@@H](O)C[C@@H](O)C3)CCC[C@@]21C. The molecule has 0 aliphatic heterocycles. The van der Waals surface area contributed by atoms with Crippen LogP contribution in [0.3, 0.4) is 0 Å². The Labute approximate surface area is 246 Å². The minimum Gasteiger partial charge on any atom is -0.395 e. The summed E-state index contributed by atoms with van der Waals surface area (Å²) in [6.07, 6.45) is 15.5. The lowest BCUT2D eigenvalue weighted by Gasteiger charge is -2.44. The minimum atomic E-state index is -0.402. The van der Waals surface area contributed by atoms with Crippen LogP contribution in [0.15, 0.2) is 53.6 Å². The number of thiophene rings is 1. The van der Waals surface area contributed by atoms with Gasteiger partial charge in [-0.1, -0.05) is 82.0 Å². The molecule has 0 bridgehead atoms. The van der Waals surface area contributed by atoms with E-state index in [1.165, 1.54) is 59.1 Å². The van der Waals surface area contributed by atoms with Crippen LogP contribution in [-0.2, 0) is 5.41 Å². The van der Waals surface area contributed by atoms with E-state index in [9.17, 15) is 15.3 Å². The first-order valence-electron chi connectivity index (χ1n) is 16.0. The van der Waals surface area contributed by atoms with Crippen molar-refractivity contribution in [3.05, 3.63) is 58.5 Å². The molecule has 7 atom stereocenters. The highest BCUT2D eigenvalue weighted by molar-refractivity contribution is 7.19. The van der Waals surface area contributed by atoms with Gasteiger partial charge in [-0.15, -0.1) is 11.3 Å². The molecule has 2 aromatic rings. The third-order valence-electron chi connectivity index (χ3n) is 11.4. The molecule has 0 amide bonds. The summed E-state index contributed by atoms with van der Waals surface area (Å²) in [5.41, 5.74) is 3.00. The fourth-order valence-corrected chi connectivity index (χ4v) is 10.4. The maximum absolute atomic E-state index is 10.8. The molecule has 3 fully saturated rings. The third kappa shape index (κ3) is 5.89. The molecule has 0 spiro atoms. The van der Waals surface area contributed by atoms with Crippen molar-refractivity contribution in [2.45, 2.75) is 116 Å². The van der Waals surface area contributed by atoms with Crippen LogP contribution in [0.4, 0.5) is 0 Å². The van der Waals surface area contributed by atoms with Gasteiger partial charge in [-0.25, -0.2) is 0 Å². The van der Waals surface area contributed by atoms with Crippen molar-refractivity contribution < 1.29 is 15.3 Å². The summed E-state index contributed by atoms with van der Waals surface area (Å²) in [6.45, 7) is 9.86. The summed E-state index contributed by atoms with van der Waals surface area (Å²) in [4.78, 5) is 1.35. The van der Waals surface area contributed by atoms with Crippen LogP contribution in [0.2, 0.25) is 0 Å². The quantitative estimate of drug-likeness (QED) is 0.286. The summed E-state index contributed by atoms with van der Waals surface area (Å²) in [5.74, 6) is 2.48. The van der Waals surface area contributed by atoms with Gasteiger partial charge in [-0.3, -0.25) is 0 Å². The number of allylic oxidation sites excluding steroid dienone is 3. The average Bonchev–Trinajstić information content (AvgIpc) is 3.50. The molecule has 1 aromatic carbocycles. The lowest BCUT2D eigenvalue weighted by molar-refractivity contribution is 0.0609. The highest BCUT2D eigenvalue weighted by Gasteiger charge is 2.50. The van der Waals surface area contributed by atoms with Crippen molar-refractivity contribution in [3.63, 3.8) is 0 Å². The van der Waals surface area contributed by atoms with E-state index < -0.39 is 12.2 Å². The van der Waals surface area contributed by atoms with E-state index in [-0.39, 0.29) is 12.0 Å². The molecule has 220 valence electrons. The lowest BCUT2D eigenvalue weighted by Crippen LogP contribution is -2.37. The molecule has 1 heterocycles. The highest BCUT2D eigenvalue weighted by Crippen LogP contribution is 2.60. The van der Waals surface area contributed by atoms with E-state index in [1.54, 1.807) is 5.57 Å². The van der Waals surface area contributed by atoms with Gasteiger partial charge < -0.3 is 15.3 Å². The number of aliphatic hydroxyl groups is 3. The second-order valence-electron chi connectivity index (χ2n) is 14.1. The molecule has 4 heteroatoms. The van der Waals surface area contributed by atoms with Gasteiger partial charge in [0, 0.05) is 15.0 Å². The summed E-state index contributed by atoms with van der Waals surface area (Å²) in [5, 5.41) is 32.3. The zero-order valence-electron chi connectivity index (χ0n) is 25.2. The predicted octanol–water partition coefficient (Wildman–Crippen LogP) is 8.57. The predicted molar refractivity (Wildman–Crippen MR) is 169 cm³/mol. The van der Waals surface area contributed by atoms with Crippen LogP contribution in [0.25, 0.3) is 10.1 Å². The molecule has 3 saturated carbocycles. The Hall–Kier alpha value is -1.46. The van der Waals surface area contributed by atoms with Gasteiger partial charge in [0.05, 0.1) is 18.8 Å². The van der Waals surface area contributed by atoms with E-state index in [0.29, 0.717) is 42.4 Å². The zero-order chi connectivity index (χ0) is 28.5. The Morgan fingerprint density at radius 3 is 2.52 bits per heavy atom. The van der Waals surface area contributed by atoms with Crippen LogP contribution < -0.4 is 0 Å². The Morgan fingerprint density at radius 2 is 1.82 bits per heavy atom. The van der Waals surface area contributed by atoms with Crippen molar-refractivity contribution in [3.8, 4) is 0 Å². The van der Waals surface area contributed by atoms with Gasteiger partial charge in [0.25, 0.3) is 0 Å². The molecular weight excluding hydrogens is 512 g/mol. The third-order valence-corrected chi connectivity index (χ3v) is 12.7. The van der Waals surface area contributed by atoms with Gasteiger partial charge >= 0.3 is 0 Å². The molecule has 3 N–H and O–H groups in total. The normalized spacial score (nSPS) is 33.5. The maximum atomic E-state index is 10.8. The topological polar surface area (TPSA) is 60.7 Å². The molecule has 1 aromatic heterocycles. The van der Waals surface area contributed by atoms with E-state index >= 15 is 0 Å². The van der Waals surface area contributed by atoms with Gasteiger partial charge in [0.2, 0.25) is 0 Å². The summed E-state index contributed by atoms with van der Waals surface area (Å²) >= 11 is 1.87. The number of hydrogen-bond donors (Lipinski definition) is 3. The van der Waals surface area contributed by atoms with Gasteiger partial charge in [0.15, 0.2) is 0 Å². The first-order valence-corrected chi connectivity index (χ1v) is 16.8. The van der Waals surface area contributed by atoms with E-state index in [0.717, 1.165) is 18.8 Å². The number of benzene rings is 1. The largest absolute Gasteiger partial charge is 0.395 e. The Kier molecular flexibility index (Phi) is 9.31. The lowest BCUT2D eigenvalue weighted by atomic mass is 9.60. The maximum Gasteiger partial charge on any atom is 0.0602 e. The van der Waals surface area contributed by atoms with Crippen molar-refractivity contribution in [2.24, 2.45) is 29.1 Å². The first-order chi connectivity index (χ1) is 19.2. The second kappa shape index (κ2) is 12.4. The minimum absolute atomic E-state index is 0.167. The van der Waals surface area contributed by atoms with Crippen LogP contribution >= 0.6 is 11.3 Å². The molecule has 3 nitrogen and oxygen atoms in total. The van der Waals surface area contributed by atoms with Crippen molar-refractivity contribution >= 4 is 21.4 Å². The molecule has 0 radical (unpaired) electrons. The van der Waals surface area contributed by atoms with Crippen LogP contribution in [0.1, 0.15) is 103 Å². The number of aliphatic hydroxyl groups excluding tert-OH is 3. The Balaban J connectivity index is 1.25. The standard InChI is InChI=1S/C36H52O3S/c1-24(2)36(23-37,34-21-28-10-5-6-12-33(28)40-34)18-7-9-25(3)31-15-16-32-27(11-8-17-35(31,32)4)14-13-26-19-29(38)22-30(39)20-26/h5-6,10,12-14,21,24-25,29-32,37-39H,7-9,11,15-20,22-23H2,1-4H3/b26-13?,27-14-/t25?,29-,30+,31-,32?,35-,36-/m1/s1. The smallest absolute Gasteiger partial charge is 0.0602 e. The number of fused-ring (bicyclic) bond motifs is 2. The van der Waals surface area contributed by atoms with Gasteiger partial charge in [0.1, 0.15) is 0 Å². The number of rotatable bonds is 9. The average molecular weight is 565 g/mol. The molecule has 40 heavy (non-hydrogen) atoms. The molecule has 3 aliphatic rings. The van der Waals surface area contributed by atoms with E-state index in [2.05, 4.69) is 70.2 Å². The summed E-state index contributed by atoms with van der Waals surface area (Å²) in [7, 11) is 0. The van der Waals surface area contributed by atoms with Crippen molar-refractivity contribution in [1.29, 1.82) is 0 Å². The molecular formula is C36H52O3S. The molecule has 3 aliphatic carbocycles.